The van der Waals surface area contributed by atoms with E-state index in [0.717, 1.165) is 0 Å². The molecule has 0 aromatic carbocycles. The van der Waals surface area contributed by atoms with E-state index in [9.17, 15) is 29.1 Å². The van der Waals surface area contributed by atoms with E-state index in [0.29, 0.717) is 0 Å². The van der Waals surface area contributed by atoms with Crippen molar-refractivity contribution < 1.29 is 39.3 Å². The van der Waals surface area contributed by atoms with Gasteiger partial charge in [0.25, 0.3) is 0 Å². The average Bonchev–Trinajstić information content (AvgIpc) is 2.59. The van der Waals surface area contributed by atoms with Crippen LogP contribution >= 0.6 is 12.6 Å². The number of amides is 3. The lowest BCUT2D eigenvalue weighted by molar-refractivity contribution is -0.144. The zero-order valence-corrected chi connectivity index (χ0v) is 17.2. The third kappa shape index (κ3) is 9.11. The lowest BCUT2D eigenvalue weighted by atomic mass is 10.0. The molecule has 0 aliphatic heterocycles. The lowest BCUT2D eigenvalue weighted by Gasteiger charge is -2.26. The Hall–Kier alpha value is -2.38. The number of carbonyl (C=O) groups excluding carboxylic acids is 3. The second kappa shape index (κ2) is 12.2. The van der Waals surface area contributed by atoms with Crippen molar-refractivity contribution in [3.8, 4) is 0 Å². The number of aliphatic hydroxyl groups is 1. The van der Waals surface area contributed by atoms with E-state index in [1.807, 2.05) is 0 Å². The van der Waals surface area contributed by atoms with Crippen LogP contribution in [0.2, 0.25) is 0 Å². The van der Waals surface area contributed by atoms with E-state index in [1.165, 1.54) is 6.92 Å². The Morgan fingerprint density at radius 1 is 0.897 bits per heavy atom. The van der Waals surface area contributed by atoms with Crippen LogP contribution in [0.1, 0.15) is 27.2 Å². The van der Waals surface area contributed by atoms with Crippen molar-refractivity contribution in [2.24, 2.45) is 11.7 Å². The summed E-state index contributed by atoms with van der Waals surface area (Å²) < 4.78 is 0. The molecule has 0 bridgehead atoms. The molecule has 0 aromatic heterocycles. The van der Waals surface area contributed by atoms with Crippen LogP contribution < -0.4 is 21.7 Å². The Bertz CT molecular complexity index is 628. The second-order valence-corrected chi connectivity index (χ2v) is 7.11. The summed E-state index contributed by atoms with van der Waals surface area (Å²) in [7, 11) is 0. The summed E-state index contributed by atoms with van der Waals surface area (Å²) in [6.07, 6.45) is -2.04. The van der Waals surface area contributed by atoms with Gasteiger partial charge in [0.1, 0.15) is 18.1 Å². The molecular formula is C16H28N4O8S. The Balaban J connectivity index is 5.18. The number of hydrogen-bond donors (Lipinski definition) is 8. The number of nitrogens with two attached hydrogens (primary N) is 1. The highest BCUT2D eigenvalue weighted by Gasteiger charge is 2.33. The molecule has 5 atom stereocenters. The number of carbonyl (C=O) groups is 5. The van der Waals surface area contributed by atoms with Crippen molar-refractivity contribution in [3.63, 3.8) is 0 Å². The van der Waals surface area contributed by atoms with Crippen LogP contribution in [0.4, 0.5) is 0 Å². The van der Waals surface area contributed by atoms with Crippen molar-refractivity contribution in [2.75, 3.05) is 5.75 Å². The number of rotatable bonds is 12. The van der Waals surface area contributed by atoms with Crippen LogP contribution in [-0.2, 0) is 24.0 Å². The maximum atomic E-state index is 12.4. The molecule has 0 saturated carbocycles. The third-order valence-corrected chi connectivity index (χ3v) is 4.21. The highest BCUT2D eigenvalue weighted by atomic mass is 32.1. The zero-order chi connectivity index (χ0) is 22.9. The minimum Gasteiger partial charge on any atom is -0.481 e. The molecule has 0 aliphatic rings. The number of nitrogens with one attached hydrogen (secondary N) is 3. The number of aliphatic carboxylic acids is 2. The minimum absolute atomic E-state index is 0.213. The largest absolute Gasteiger partial charge is 0.481 e. The summed E-state index contributed by atoms with van der Waals surface area (Å²) in [4.78, 5) is 58.5. The normalized spacial score (nSPS) is 16.1. The summed E-state index contributed by atoms with van der Waals surface area (Å²) >= 11 is 3.93. The second-order valence-electron chi connectivity index (χ2n) is 6.74. The highest BCUT2D eigenvalue weighted by Crippen LogP contribution is 2.04. The Morgan fingerprint density at radius 3 is 1.79 bits per heavy atom. The van der Waals surface area contributed by atoms with Crippen LogP contribution in [0.5, 0.6) is 0 Å². The molecule has 0 fully saturated rings. The van der Waals surface area contributed by atoms with Gasteiger partial charge in [-0.3, -0.25) is 19.2 Å². The fraction of sp³-hybridized carbons (Fsp3) is 0.688. The van der Waals surface area contributed by atoms with Crippen LogP contribution in [0.25, 0.3) is 0 Å². The number of thiol groups is 1. The van der Waals surface area contributed by atoms with Gasteiger partial charge in [0.05, 0.1) is 18.6 Å². The number of aliphatic hydroxyl groups excluding tert-OH is 1. The predicted octanol–water partition coefficient (Wildman–Crippen LogP) is -2.71. The summed E-state index contributed by atoms with van der Waals surface area (Å²) in [6, 6.07) is -5.42. The van der Waals surface area contributed by atoms with Gasteiger partial charge in [0.2, 0.25) is 17.7 Å². The SMILES string of the molecule is CC(C)C(NC(=O)C(NC(=O)C(CS)NC(=O)C(N)CC(=O)O)C(C)O)C(=O)O. The number of carboxylic acids is 2. The number of carboxylic acid groups (broad SMARTS) is 2. The van der Waals surface area contributed by atoms with E-state index in [-0.39, 0.29) is 5.75 Å². The van der Waals surface area contributed by atoms with Crippen LogP contribution in [0, 0.1) is 5.92 Å². The monoisotopic (exact) mass is 436 g/mol. The van der Waals surface area contributed by atoms with Crippen molar-refractivity contribution >= 4 is 42.3 Å². The van der Waals surface area contributed by atoms with Gasteiger partial charge in [-0.15, -0.1) is 0 Å². The van der Waals surface area contributed by atoms with Crippen LogP contribution in [0.15, 0.2) is 0 Å². The molecule has 0 saturated heterocycles. The van der Waals surface area contributed by atoms with Gasteiger partial charge < -0.3 is 37.0 Å². The topological polar surface area (TPSA) is 208 Å². The molecule has 0 aromatic rings. The van der Waals surface area contributed by atoms with Crippen LogP contribution in [-0.4, -0.2) is 81.0 Å². The summed E-state index contributed by atoms with van der Waals surface area (Å²) in [6.45, 7) is 4.36. The molecule has 8 N–H and O–H groups in total. The number of hydrogen-bond acceptors (Lipinski definition) is 8. The first-order chi connectivity index (χ1) is 13.3. The maximum absolute atomic E-state index is 12.4. The van der Waals surface area contributed by atoms with E-state index in [2.05, 4.69) is 28.6 Å². The standard InChI is InChI=1S/C16H28N4O8S/c1-6(2)11(16(27)28)19-15(26)12(7(3)21)20-14(25)9(5-29)18-13(24)8(17)4-10(22)23/h6-9,11-12,21,29H,4-5,17H2,1-3H3,(H,18,24)(H,19,26)(H,20,25)(H,22,23)(H,27,28). The molecule has 0 heterocycles. The Kier molecular flexibility index (Phi) is 11.2. The van der Waals surface area contributed by atoms with Gasteiger partial charge in [-0.2, -0.15) is 12.6 Å². The Labute approximate surface area is 173 Å². The molecule has 166 valence electrons. The fourth-order valence-electron chi connectivity index (χ4n) is 2.17. The lowest BCUT2D eigenvalue weighted by Crippen LogP contribution is -2.60. The molecular weight excluding hydrogens is 408 g/mol. The first kappa shape index (κ1) is 26.6. The van der Waals surface area contributed by atoms with Crippen molar-refractivity contribution in [2.45, 2.75) is 57.5 Å². The third-order valence-electron chi connectivity index (χ3n) is 3.84. The van der Waals surface area contributed by atoms with E-state index < -0.39 is 72.3 Å². The molecule has 29 heavy (non-hydrogen) atoms. The van der Waals surface area contributed by atoms with Gasteiger partial charge in [0, 0.05) is 5.75 Å². The molecule has 0 radical (unpaired) electrons. The average molecular weight is 436 g/mol. The summed E-state index contributed by atoms with van der Waals surface area (Å²) in [5, 5.41) is 34.3. The predicted molar refractivity (Wildman–Crippen MR) is 104 cm³/mol. The first-order valence-electron chi connectivity index (χ1n) is 8.72. The smallest absolute Gasteiger partial charge is 0.326 e. The maximum Gasteiger partial charge on any atom is 0.326 e. The highest BCUT2D eigenvalue weighted by molar-refractivity contribution is 7.80. The zero-order valence-electron chi connectivity index (χ0n) is 16.3. The molecule has 0 spiro atoms. The van der Waals surface area contributed by atoms with Gasteiger partial charge >= 0.3 is 11.9 Å². The summed E-state index contributed by atoms with van der Waals surface area (Å²) in [5.41, 5.74) is 5.42. The minimum atomic E-state index is -1.50. The van der Waals surface area contributed by atoms with Gasteiger partial charge in [0.15, 0.2) is 0 Å². The fourth-order valence-corrected chi connectivity index (χ4v) is 2.43. The van der Waals surface area contributed by atoms with Gasteiger partial charge in [-0.1, -0.05) is 13.8 Å². The quantitative estimate of drug-likeness (QED) is 0.149. The van der Waals surface area contributed by atoms with E-state index >= 15 is 0 Å². The van der Waals surface area contributed by atoms with Gasteiger partial charge in [-0.05, 0) is 12.8 Å². The molecule has 3 amide bonds. The molecule has 13 heteroatoms. The van der Waals surface area contributed by atoms with E-state index in [1.54, 1.807) is 13.8 Å². The van der Waals surface area contributed by atoms with Crippen molar-refractivity contribution in [1.29, 1.82) is 0 Å². The summed E-state index contributed by atoms with van der Waals surface area (Å²) in [5.74, 6) is -5.99. The first-order valence-corrected chi connectivity index (χ1v) is 9.35. The van der Waals surface area contributed by atoms with Gasteiger partial charge in [-0.25, -0.2) is 4.79 Å². The molecule has 12 nitrogen and oxygen atoms in total. The van der Waals surface area contributed by atoms with E-state index in [4.69, 9.17) is 15.9 Å². The molecule has 5 unspecified atom stereocenters. The van der Waals surface area contributed by atoms with Crippen LogP contribution in [0.3, 0.4) is 0 Å². The molecule has 0 aliphatic carbocycles. The van der Waals surface area contributed by atoms with Crippen molar-refractivity contribution in [3.05, 3.63) is 0 Å². The molecule has 0 rings (SSSR count). The van der Waals surface area contributed by atoms with Crippen molar-refractivity contribution in [1.82, 2.24) is 16.0 Å². The Morgan fingerprint density at radius 2 is 1.41 bits per heavy atom.